The fraction of sp³-hybridized carbons (Fsp3) is 0.471. The molecule has 4 heteroatoms. The van der Waals surface area contributed by atoms with Gasteiger partial charge >= 0.3 is 0 Å². The maximum atomic E-state index is 4.62. The summed E-state index contributed by atoms with van der Waals surface area (Å²) in [5.41, 5.74) is 6.00. The lowest BCUT2D eigenvalue weighted by Gasteiger charge is -2.22. The van der Waals surface area contributed by atoms with Crippen LogP contribution in [0.2, 0.25) is 0 Å². The van der Waals surface area contributed by atoms with E-state index >= 15 is 0 Å². The first kappa shape index (κ1) is 15.4. The summed E-state index contributed by atoms with van der Waals surface area (Å²) < 4.78 is 2.07. The molecule has 21 heavy (non-hydrogen) atoms. The molecule has 0 saturated heterocycles. The molecule has 1 heterocycles. The number of nitrogens with zero attached hydrogens (tertiary/aromatic N) is 3. The monoisotopic (exact) mass is 286 g/mol. The average molecular weight is 286 g/mol. The zero-order chi connectivity index (χ0) is 15.6. The number of rotatable bonds is 5. The second kappa shape index (κ2) is 6.20. The number of aryl methyl sites for hydroxylation is 2. The van der Waals surface area contributed by atoms with E-state index in [0.29, 0.717) is 0 Å². The summed E-state index contributed by atoms with van der Waals surface area (Å²) in [6.07, 6.45) is 0. The molecule has 1 aromatic carbocycles. The first-order chi connectivity index (χ1) is 9.95. The fourth-order valence-electron chi connectivity index (χ4n) is 2.94. The summed E-state index contributed by atoms with van der Waals surface area (Å²) in [4.78, 5) is 2.13. The Labute approximate surface area is 127 Å². The molecule has 1 unspecified atom stereocenters. The Kier molecular flexibility index (Phi) is 4.56. The Bertz CT molecular complexity index is 613. The zero-order valence-corrected chi connectivity index (χ0v) is 13.9. The first-order valence-electron chi connectivity index (χ1n) is 7.52. The lowest BCUT2D eigenvalue weighted by atomic mass is 10.1. The molecule has 2 rings (SSSR count). The van der Waals surface area contributed by atoms with E-state index in [2.05, 4.69) is 86.1 Å². The molecule has 0 aliphatic carbocycles. The third kappa shape index (κ3) is 3.04. The molecule has 0 aliphatic rings. The predicted molar refractivity (Wildman–Crippen MR) is 90.2 cm³/mol. The SMILES string of the molecule is CCn1nc(C)c(C(C)Nc2ccccc2N(C)C)c1C. The van der Waals surface area contributed by atoms with Crippen molar-refractivity contribution in [3.05, 3.63) is 41.2 Å². The molecule has 1 N–H and O–H groups in total. The Morgan fingerprint density at radius 1 is 1.24 bits per heavy atom. The molecule has 0 spiro atoms. The van der Waals surface area contributed by atoms with Gasteiger partial charge in [0.1, 0.15) is 0 Å². The van der Waals surface area contributed by atoms with Gasteiger partial charge in [-0.05, 0) is 39.8 Å². The summed E-state index contributed by atoms with van der Waals surface area (Å²) in [6.45, 7) is 9.47. The van der Waals surface area contributed by atoms with Gasteiger partial charge in [0.05, 0.1) is 23.1 Å². The van der Waals surface area contributed by atoms with Crippen LogP contribution in [-0.4, -0.2) is 23.9 Å². The maximum Gasteiger partial charge on any atom is 0.0649 e. The summed E-state index contributed by atoms with van der Waals surface area (Å²) >= 11 is 0. The van der Waals surface area contributed by atoms with Crippen LogP contribution in [0.4, 0.5) is 11.4 Å². The van der Waals surface area contributed by atoms with Crippen molar-refractivity contribution in [3.8, 4) is 0 Å². The van der Waals surface area contributed by atoms with Crippen LogP contribution in [0, 0.1) is 13.8 Å². The van der Waals surface area contributed by atoms with Crippen LogP contribution in [0.3, 0.4) is 0 Å². The molecule has 2 aromatic rings. The zero-order valence-electron chi connectivity index (χ0n) is 13.9. The van der Waals surface area contributed by atoms with Crippen molar-refractivity contribution < 1.29 is 0 Å². The molecule has 4 nitrogen and oxygen atoms in total. The van der Waals surface area contributed by atoms with Crippen molar-refractivity contribution in [2.75, 3.05) is 24.3 Å². The quantitative estimate of drug-likeness (QED) is 0.908. The van der Waals surface area contributed by atoms with Gasteiger partial charge in [0.25, 0.3) is 0 Å². The molecule has 114 valence electrons. The summed E-state index contributed by atoms with van der Waals surface area (Å²) in [5.74, 6) is 0. The topological polar surface area (TPSA) is 33.1 Å². The van der Waals surface area contributed by atoms with Gasteiger partial charge in [0.2, 0.25) is 0 Å². The Morgan fingerprint density at radius 2 is 1.90 bits per heavy atom. The van der Waals surface area contributed by atoms with Crippen LogP contribution in [-0.2, 0) is 6.54 Å². The molecule has 1 atom stereocenters. The number of nitrogens with one attached hydrogen (secondary N) is 1. The van der Waals surface area contributed by atoms with Crippen LogP contribution >= 0.6 is 0 Å². The third-order valence-corrected chi connectivity index (χ3v) is 3.93. The van der Waals surface area contributed by atoms with Crippen LogP contribution in [0.25, 0.3) is 0 Å². The number of hydrogen-bond acceptors (Lipinski definition) is 3. The third-order valence-electron chi connectivity index (χ3n) is 3.93. The number of para-hydroxylation sites is 2. The minimum absolute atomic E-state index is 0.228. The highest BCUT2D eigenvalue weighted by molar-refractivity contribution is 5.70. The maximum absolute atomic E-state index is 4.62. The predicted octanol–water partition coefficient (Wildman–Crippen LogP) is 3.76. The van der Waals surface area contributed by atoms with E-state index in [1.165, 1.54) is 16.9 Å². The molecular formula is C17H26N4. The highest BCUT2D eigenvalue weighted by Crippen LogP contribution is 2.30. The molecule has 1 aromatic heterocycles. The van der Waals surface area contributed by atoms with Gasteiger partial charge in [-0.2, -0.15) is 5.10 Å². The van der Waals surface area contributed by atoms with E-state index in [4.69, 9.17) is 0 Å². The van der Waals surface area contributed by atoms with Gasteiger partial charge < -0.3 is 10.2 Å². The molecule has 0 amide bonds. The molecule has 0 bridgehead atoms. The number of aromatic nitrogens is 2. The molecule has 0 radical (unpaired) electrons. The second-order valence-electron chi connectivity index (χ2n) is 5.68. The first-order valence-corrected chi connectivity index (χ1v) is 7.52. The van der Waals surface area contributed by atoms with Crippen molar-refractivity contribution in [3.63, 3.8) is 0 Å². The average Bonchev–Trinajstić information content (AvgIpc) is 2.73. The van der Waals surface area contributed by atoms with Gasteiger partial charge in [0.15, 0.2) is 0 Å². The Morgan fingerprint density at radius 3 is 2.48 bits per heavy atom. The van der Waals surface area contributed by atoms with Crippen molar-refractivity contribution in [2.45, 2.75) is 40.3 Å². The summed E-state index contributed by atoms with van der Waals surface area (Å²) in [6, 6.07) is 8.62. The van der Waals surface area contributed by atoms with Crippen LogP contribution in [0.1, 0.15) is 36.8 Å². The van der Waals surface area contributed by atoms with Crippen molar-refractivity contribution >= 4 is 11.4 Å². The van der Waals surface area contributed by atoms with Crippen molar-refractivity contribution in [1.82, 2.24) is 9.78 Å². The second-order valence-corrected chi connectivity index (χ2v) is 5.68. The van der Waals surface area contributed by atoms with Gasteiger partial charge in [-0.3, -0.25) is 4.68 Å². The molecule has 0 saturated carbocycles. The van der Waals surface area contributed by atoms with Crippen molar-refractivity contribution in [2.24, 2.45) is 0 Å². The largest absolute Gasteiger partial charge is 0.377 e. The van der Waals surface area contributed by atoms with Gasteiger partial charge in [-0.15, -0.1) is 0 Å². The number of benzene rings is 1. The van der Waals surface area contributed by atoms with E-state index in [-0.39, 0.29) is 6.04 Å². The van der Waals surface area contributed by atoms with E-state index in [1.54, 1.807) is 0 Å². The normalized spacial score (nSPS) is 12.3. The lowest BCUT2D eigenvalue weighted by molar-refractivity contribution is 0.632. The Balaban J connectivity index is 2.31. The summed E-state index contributed by atoms with van der Waals surface area (Å²) in [5, 5.41) is 8.25. The van der Waals surface area contributed by atoms with E-state index in [1.807, 2.05) is 0 Å². The number of hydrogen-bond donors (Lipinski definition) is 1. The van der Waals surface area contributed by atoms with E-state index in [0.717, 1.165) is 17.9 Å². The highest BCUT2D eigenvalue weighted by Gasteiger charge is 2.18. The molecule has 0 fully saturated rings. The van der Waals surface area contributed by atoms with Crippen LogP contribution in [0.15, 0.2) is 24.3 Å². The standard InChI is InChI=1S/C17H26N4/c1-7-21-14(4)17(13(3)19-21)12(2)18-15-10-8-9-11-16(15)20(5)6/h8-12,18H,7H2,1-6H3. The Hall–Kier alpha value is -1.97. The van der Waals surface area contributed by atoms with E-state index in [9.17, 15) is 0 Å². The molecular weight excluding hydrogens is 260 g/mol. The van der Waals surface area contributed by atoms with Crippen LogP contribution in [0.5, 0.6) is 0 Å². The highest BCUT2D eigenvalue weighted by atomic mass is 15.3. The van der Waals surface area contributed by atoms with Crippen molar-refractivity contribution in [1.29, 1.82) is 0 Å². The fourth-order valence-corrected chi connectivity index (χ4v) is 2.94. The smallest absolute Gasteiger partial charge is 0.0649 e. The van der Waals surface area contributed by atoms with Gasteiger partial charge in [0, 0.05) is 31.9 Å². The molecule has 0 aliphatic heterocycles. The lowest BCUT2D eigenvalue weighted by Crippen LogP contribution is -2.14. The van der Waals surface area contributed by atoms with Gasteiger partial charge in [-0.25, -0.2) is 0 Å². The minimum Gasteiger partial charge on any atom is -0.377 e. The van der Waals surface area contributed by atoms with E-state index < -0.39 is 0 Å². The summed E-state index contributed by atoms with van der Waals surface area (Å²) in [7, 11) is 4.13. The van der Waals surface area contributed by atoms with Gasteiger partial charge in [-0.1, -0.05) is 12.1 Å². The minimum atomic E-state index is 0.228. The number of anilines is 2. The van der Waals surface area contributed by atoms with Crippen LogP contribution < -0.4 is 10.2 Å².